The van der Waals surface area contributed by atoms with Crippen molar-refractivity contribution in [2.45, 2.75) is 64.6 Å². The highest BCUT2D eigenvalue weighted by Crippen LogP contribution is 2.29. The van der Waals surface area contributed by atoms with Crippen LogP contribution >= 0.6 is 11.3 Å². The van der Waals surface area contributed by atoms with Crippen LogP contribution in [0.15, 0.2) is 5.38 Å². The van der Waals surface area contributed by atoms with Crippen molar-refractivity contribution in [2.24, 2.45) is 5.92 Å². The van der Waals surface area contributed by atoms with Gasteiger partial charge in [0.2, 0.25) is 0 Å². The fraction of sp³-hybridized carbons (Fsp3) is 0.812. The van der Waals surface area contributed by atoms with E-state index in [1.165, 1.54) is 43.7 Å². The maximum atomic E-state index is 4.63. The molecule has 20 heavy (non-hydrogen) atoms. The molecule has 3 nitrogen and oxygen atoms in total. The Morgan fingerprint density at radius 2 is 2.15 bits per heavy atom. The molecule has 3 rings (SSSR count). The second-order valence-corrected chi connectivity index (χ2v) is 7.52. The SMILES string of the molecule is Cc1csc(CN2CC(C3CCCCC3)NCC2C)n1. The highest BCUT2D eigenvalue weighted by Gasteiger charge is 2.31. The highest BCUT2D eigenvalue weighted by atomic mass is 32.1. The minimum absolute atomic E-state index is 0.624. The fourth-order valence-electron chi connectivity index (χ4n) is 3.67. The predicted molar refractivity (Wildman–Crippen MR) is 85.1 cm³/mol. The standard InChI is InChI=1S/C16H27N3S/c1-12-11-20-16(18-12)10-19-9-15(17-8-13(19)2)14-6-4-3-5-7-14/h11,13-15,17H,3-10H2,1-2H3. The van der Waals surface area contributed by atoms with Crippen molar-refractivity contribution in [3.63, 3.8) is 0 Å². The Morgan fingerprint density at radius 3 is 2.85 bits per heavy atom. The van der Waals surface area contributed by atoms with Gasteiger partial charge >= 0.3 is 0 Å². The van der Waals surface area contributed by atoms with E-state index < -0.39 is 0 Å². The van der Waals surface area contributed by atoms with E-state index in [1.54, 1.807) is 0 Å². The molecule has 2 atom stereocenters. The van der Waals surface area contributed by atoms with Crippen LogP contribution in [0.2, 0.25) is 0 Å². The summed E-state index contributed by atoms with van der Waals surface area (Å²) in [5, 5.41) is 7.24. The van der Waals surface area contributed by atoms with Crippen LogP contribution < -0.4 is 5.32 Å². The van der Waals surface area contributed by atoms with Gasteiger partial charge in [0.25, 0.3) is 0 Å². The molecule has 1 aromatic rings. The summed E-state index contributed by atoms with van der Waals surface area (Å²) in [6.07, 6.45) is 7.17. The second kappa shape index (κ2) is 6.54. The van der Waals surface area contributed by atoms with Crippen molar-refractivity contribution in [1.29, 1.82) is 0 Å². The molecule has 1 aliphatic heterocycles. The summed E-state index contributed by atoms with van der Waals surface area (Å²) in [5.41, 5.74) is 1.16. The van der Waals surface area contributed by atoms with Crippen LogP contribution in [-0.2, 0) is 6.54 Å². The summed E-state index contributed by atoms with van der Waals surface area (Å²) in [7, 11) is 0. The van der Waals surface area contributed by atoms with Crippen molar-refractivity contribution in [3.05, 3.63) is 16.1 Å². The van der Waals surface area contributed by atoms with Crippen LogP contribution in [0.5, 0.6) is 0 Å². The number of rotatable bonds is 3. The summed E-state index contributed by atoms with van der Waals surface area (Å²) in [5.74, 6) is 0.900. The molecule has 2 aliphatic rings. The summed E-state index contributed by atoms with van der Waals surface area (Å²) in [6.45, 7) is 7.79. The van der Waals surface area contributed by atoms with Crippen LogP contribution in [0.4, 0.5) is 0 Å². The molecule has 1 saturated carbocycles. The van der Waals surface area contributed by atoms with Crippen LogP contribution in [-0.4, -0.2) is 35.1 Å². The molecule has 1 saturated heterocycles. The smallest absolute Gasteiger partial charge is 0.107 e. The molecule has 1 N–H and O–H groups in total. The number of piperazine rings is 1. The Hall–Kier alpha value is -0.450. The van der Waals surface area contributed by atoms with Crippen LogP contribution in [0.3, 0.4) is 0 Å². The number of aromatic nitrogens is 1. The first-order valence-electron chi connectivity index (χ1n) is 8.11. The van der Waals surface area contributed by atoms with Gasteiger partial charge in [-0.3, -0.25) is 4.90 Å². The molecule has 2 unspecified atom stereocenters. The number of nitrogens with one attached hydrogen (secondary N) is 1. The van der Waals surface area contributed by atoms with Gasteiger partial charge in [-0.15, -0.1) is 11.3 Å². The Balaban J connectivity index is 1.60. The summed E-state index contributed by atoms with van der Waals surface area (Å²) >= 11 is 1.81. The van der Waals surface area contributed by atoms with Crippen LogP contribution in [0.25, 0.3) is 0 Å². The van der Waals surface area contributed by atoms with Gasteiger partial charge < -0.3 is 5.32 Å². The van der Waals surface area contributed by atoms with Crippen LogP contribution in [0, 0.1) is 12.8 Å². The largest absolute Gasteiger partial charge is 0.311 e. The molecule has 4 heteroatoms. The molecule has 2 heterocycles. The first kappa shape index (κ1) is 14.5. The van der Waals surface area contributed by atoms with Gasteiger partial charge in [0.15, 0.2) is 0 Å². The van der Waals surface area contributed by atoms with Gasteiger partial charge in [0.1, 0.15) is 5.01 Å². The third-order valence-corrected chi connectivity index (χ3v) is 5.91. The first-order chi connectivity index (χ1) is 9.72. The third kappa shape index (κ3) is 3.41. The van der Waals surface area contributed by atoms with Gasteiger partial charge in [0.05, 0.1) is 6.54 Å². The highest BCUT2D eigenvalue weighted by molar-refractivity contribution is 7.09. The quantitative estimate of drug-likeness (QED) is 0.927. The normalized spacial score (nSPS) is 29.7. The first-order valence-corrected chi connectivity index (χ1v) is 8.99. The van der Waals surface area contributed by atoms with E-state index in [4.69, 9.17) is 0 Å². The second-order valence-electron chi connectivity index (χ2n) is 6.57. The van der Waals surface area contributed by atoms with Gasteiger partial charge in [-0.1, -0.05) is 19.3 Å². The monoisotopic (exact) mass is 293 g/mol. The topological polar surface area (TPSA) is 28.2 Å². The van der Waals surface area contributed by atoms with E-state index in [0.717, 1.165) is 24.7 Å². The average Bonchev–Trinajstić information content (AvgIpc) is 2.88. The van der Waals surface area contributed by atoms with E-state index in [9.17, 15) is 0 Å². The fourth-order valence-corrected chi connectivity index (χ4v) is 4.47. The number of hydrogen-bond donors (Lipinski definition) is 1. The van der Waals surface area contributed by atoms with E-state index in [1.807, 2.05) is 11.3 Å². The molecule has 1 aromatic heterocycles. The van der Waals surface area contributed by atoms with E-state index >= 15 is 0 Å². The van der Waals surface area contributed by atoms with Crippen molar-refractivity contribution in [2.75, 3.05) is 13.1 Å². The van der Waals surface area contributed by atoms with Gasteiger partial charge in [-0.05, 0) is 32.6 Å². The van der Waals surface area contributed by atoms with E-state index in [2.05, 4.69) is 34.4 Å². The number of aryl methyl sites for hydroxylation is 1. The Kier molecular flexibility index (Phi) is 4.74. The zero-order valence-corrected chi connectivity index (χ0v) is 13.6. The van der Waals surface area contributed by atoms with Crippen LogP contribution in [0.1, 0.15) is 49.7 Å². The molecule has 0 bridgehead atoms. The summed E-state index contributed by atoms with van der Waals surface area (Å²) < 4.78 is 0. The number of thiazole rings is 1. The zero-order chi connectivity index (χ0) is 13.9. The Bertz CT molecular complexity index is 425. The van der Waals surface area contributed by atoms with Gasteiger partial charge in [-0.2, -0.15) is 0 Å². The van der Waals surface area contributed by atoms with Crippen molar-refractivity contribution < 1.29 is 0 Å². The molecule has 0 spiro atoms. The lowest BCUT2D eigenvalue weighted by Crippen LogP contribution is -2.57. The summed E-state index contributed by atoms with van der Waals surface area (Å²) in [4.78, 5) is 7.27. The maximum absolute atomic E-state index is 4.63. The summed E-state index contributed by atoms with van der Waals surface area (Å²) in [6, 6.07) is 1.33. The number of nitrogens with zero attached hydrogens (tertiary/aromatic N) is 2. The predicted octanol–water partition coefficient (Wildman–Crippen LogP) is 3.19. The maximum Gasteiger partial charge on any atom is 0.107 e. The van der Waals surface area contributed by atoms with Crippen molar-refractivity contribution in [3.8, 4) is 0 Å². The Morgan fingerprint density at radius 1 is 1.35 bits per heavy atom. The number of hydrogen-bond acceptors (Lipinski definition) is 4. The van der Waals surface area contributed by atoms with E-state index in [-0.39, 0.29) is 0 Å². The molecular weight excluding hydrogens is 266 g/mol. The molecule has 0 radical (unpaired) electrons. The Labute approximate surface area is 126 Å². The van der Waals surface area contributed by atoms with Gasteiger partial charge in [-0.25, -0.2) is 4.98 Å². The minimum Gasteiger partial charge on any atom is -0.311 e. The molecule has 0 aromatic carbocycles. The molecule has 2 fully saturated rings. The average molecular weight is 293 g/mol. The molecule has 1 aliphatic carbocycles. The van der Waals surface area contributed by atoms with Gasteiger partial charge in [0, 0.05) is 36.2 Å². The molecule has 112 valence electrons. The van der Waals surface area contributed by atoms with E-state index in [0.29, 0.717) is 12.1 Å². The minimum atomic E-state index is 0.624. The molecular formula is C16H27N3S. The van der Waals surface area contributed by atoms with Crippen molar-refractivity contribution in [1.82, 2.24) is 15.2 Å². The lowest BCUT2D eigenvalue weighted by atomic mass is 9.82. The molecule has 0 amide bonds. The lowest BCUT2D eigenvalue weighted by Gasteiger charge is -2.42. The zero-order valence-electron chi connectivity index (χ0n) is 12.8. The lowest BCUT2D eigenvalue weighted by molar-refractivity contribution is 0.0980. The van der Waals surface area contributed by atoms with Crippen molar-refractivity contribution >= 4 is 11.3 Å². The third-order valence-electron chi connectivity index (χ3n) is 4.95.